The van der Waals surface area contributed by atoms with Gasteiger partial charge in [0, 0.05) is 32.1 Å². The third-order valence-electron chi connectivity index (χ3n) is 4.50. The van der Waals surface area contributed by atoms with Crippen molar-refractivity contribution in [2.75, 3.05) is 19.6 Å². The Morgan fingerprint density at radius 3 is 2.70 bits per heavy atom. The number of piperidine rings is 1. The van der Waals surface area contributed by atoms with Crippen LogP contribution in [0.4, 0.5) is 8.78 Å². The quantitative estimate of drug-likeness (QED) is 0.775. The highest BCUT2D eigenvalue weighted by atomic mass is 35.5. The third kappa shape index (κ3) is 3.04. The highest BCUT2D eigenvalue weighted by molar-refractivity contribution is 6.31. The maximum absolute atomic E-state index is 14.0. The van der Waals surface area contributed by atoms with Gasteiger partial charge in [-0.25, -0.2) is 8.78 Å². The van der Waals surface area contributed by atoms with Crippen molar-refractivity contribution < 1.29 is 18.4 Å². The van der Waals surface area contributed by atoms with Crippen molar-refractivity contribution in [3.05, 3.63) is 34.4 Å². The summed E-state index contributed by atoms with van der Waals surface area (Å²) in [6.07, 6.45) is 2.97. The molecule has 0 spiro atoms. The van der Waals surface area contributed by atoms with E-state index in [4.69, 9.17) is 11.6 Å². The summed E-state index contributed by atoms with van der Waals surface area (Å²) >= 11 is 5.54. The van der Waals surface area contributed by atoms with Gasteiger partial charge in [-0.05, 0) is 31.4 Å². The van der Waals surface area contributed by atoms with E-state index in [9.17, 15) is 18.4 Å². The lowest BCUT2D eigenvalue weighted by atomic mass is 10.0. The van der Waals surface area contributed by atoms with Crippen LogP contribution in [0.15, 0.2) is 12.1 Å². The van der Waals surface area contributed by atoms with Gasteiger partial charge in [0.15, 0.2) is 5.82 Å². The number of hydrogen-bond acceptors (Lipinski definition) is 2. The lowest BCUT2D eigenvalue weighted by Gasteiger charge is -2.37. The Labute approximate surface area is 138 Å². The van der Waals surface area contributed by atoms with E-state index in [1.807, 2.05) is 4.90 Å². The van der Waals surface area contributed by atoms with Crippen LogP contribution in [0.5, 0.6) is 0 Å². The second-order valence-corrected chi connectivity index (χ2v) is 6.34. The standard InChI is InChI=1S/C16H17ClF2N2O2/c17-14-12(18)6-5-11(15(14)19)16(23)20-7-1-3-10(9-20)21-8-2-4-13(21)22/h5-6,10H,1-4,7-9H2/t10-/m1/s1. The van der Waals surface area contributed by atoms with Crippen LogP contribution in [0.3, 0.4) is 0 Å². The van der Waals surface area contributed by atoms with Crippen LogP contribution in [0.1, 0.15) is 36.0 Å². The topological polar surface area (TPSA) is 40.6 Å². The maximum Gasteiger partial charge on any atom is 0.256 e. The van der Waals surface area contributed by atoms with E-state index in [-0.39, 0.29) is 17.5 Å². The van der Waals surface area contributed by atoms with Crippen molar-refractivity contribution in [1.82, 2.24) is 9.80 Å². The predicted molar refractivity (Wildman–Crippen MR) is 81.2 cm³/mol. The maximum atomic E-state index is 14.0. The minimum Gasteiger partial charge on any atom is -0.338 e. The molecule has 2 amide bonds. The van der Waals surface area contributed by atoms with Crippen LogP contribution in [0.2, 0.25) is 5.02 Å². The molecule has 0 saturated carbocycles. The van der Waals surface area contributed by atoms with Crippen molar-refractivity contribution >= 4 is 23.4 Å². The van der Waals surface area contributed by atoms with E-state index < -0.39 is 22.6 Å². The fourth-order valence-corrected chi connectivity index (χ4v) is 3.47. The fourth-order valence-electron chi connectivity index (χ4n) is 3.31. The van der Waals surface area contributed by atoms with Crippen LogP contribution in [-0.4, -0.2) is 47.3 Å². The third-order valence-corrected chi connectivity index (χ3v) is 4.85. The first-order valence-corrected chi connectivity index (χ1v) is 8.09. The molecule has 0 bridgehead atoms. The molecule has 1 aromatic rings. The number of hydrogen-bond donors (Lipinski definition) is 0. The summed E-state index contributed by atoms with van der Waals surface area (Å²) in [6.45, 7) is 1.58. The molecule has 2 saturated heterocycles. The molecule has 4 nitrogen and oxygen atoms in total. The predicted octanol–water partition coefficient (Wildman–Crippen LogP) is 2.85. The zero-order valence-electron chi connectivity index (χ0n) is 12.5. The van der Waals surface area contributed by atoms with Crippen molar-refractivity contribution in [3.8, 4) is 0 Å². The summed E-state index contributed by atoms with van der Waals surface area (Å²) in [5, 5.41) is -0.667. The number of amides is 2. The second-order valence-electron chi connectivity index (χ2n) is 5.96. The largest absolute Gasteiger partial charge is 0.338 e. The molecule has 1 aromatic carbocycles. The van der Waals surface area contributed by atoms with E-state index in [0.29, 0.717) is 26.1 Å². The van der Waals surface area contributed by atoms with Gasteiger partial charge in [-0.15, -0.1) is 0 Å². The first kappa shape index (κ1) is 16.2. The average molecular weight is 343 g/mol. The number of likely N-dealkylation sites (tertiary alicyclic amines) is 2. The summed E-state index contributed by atoms with van der Waals surface area (Å²) < 4.78 is 27.3. The van der Waals surface area contributed by atoms with Crippen LogP contribution >= 0.6 is 11.6 Å². The summed E-state index contributed by atoms with van der Waals surface area (Å²) in [4.78, 5) is 27.7. The summed E-state index contributed by atoms with van der Waals surface area (Å²) in [5.74, 6) is -2.32. The number of rotatable bonds is 2. The highest BCUT2D eigenvalue weighted by Crippen LogP contribution is 2.26. The Balaban J connectivity index is 1.77. The first-order valence-electron chi connectivity index (χ1n) is 7.71. The van der Waals surface area contributed by atoms with E-state index >= 15 is 0 Å². The minimum absolute atomic E-state index is 0.0262. The summed E-state index contributed by atoms with van der Waals surface area (Å²) in [5.41, 5.74) is -0.232. The number of carbonyl (C=O) groups is 2. The highest BCUT2D eigenvalue weighted by Gasteiger charge is 2.33. The number of nitrogens with zero attached hydrogens (tertiary/aromatic N) is 2. The van der Waals surface area contributed by atoms with Gasteiger partial charge < -0.3 is 9.80 Å². The number of benzene rings is 1. The van der Waals surface area contributed by atoms with Gasteiger partial charge >= 0.3 is 0 Å². The molecule has 0 aliphatic carbocycles. The molecule has 124 valence electrons. The Morgan fingerprint density at radius 2 is 2.00 bits per heavy atom. The molecule has 1 atom stereocenters. The van der Waals surface area contributed by atoms with E-state index in [0.717, 1.165) is 31.4 Å². The van der Waals surface area contributed by atoms with E-state index in [1.54, 1.807) is 0 Å². The van der Waals surface area contributed by atoms with Crippen LogP contribution in [0, 0.1) is 11.6 Å². The van der Waals surface area contributed by atoms with Gasteiger partial charge in [0.05, 0.1) is 5.56 Å². The molecule has 3 rings (SSSR count). The van der Waals surface area contributed by atoms with Gasteiger partial charge in [0.25, 0.3) is 5.91 Å². The van der Waals surface area contributed by atoms with Gasteiger partial charge in [-0.3, -0.25) is 9.59 Å². The van der Waals surface area contributed by atoms with Crippen molar-refractivity contribution in [3.63, 3.8) is 0 Å². The van der Waals surface area contributed by atoms with Crippen LogP contribution < -0.4 is 0 Å². The Hall–Kier alpha value is -1.69. The normalized spacial score (nSPS) is 21.9. The Morgan fingerprint density at radius 1 is 1.22 bits per heavy atom. The molecular weight excluding hydrogens is 326 g/mol. The van der Waals surface area contributed by atoms with Crippen LogP contribution in [-0.2, 0) is 4.79 Å². The number of carbonyl (C=O) groups excluding carboxylic acids is 2. The molecule has 2 aliphatic rings. The molecule has 0 aromatic heterocycles. The number of halogens is 3. The fraction of sp³-hybridized carbons (Fsp3) is 0.500. The van der Waals surface area contributed by atoms with Gasteiger partial charge in [0.2, 0.25) is 5.91 Å². The SMILES string of the molecule is O=C(c1ccc(F)c(Cl)c1F)N1CCC[C@@H](N2CCCC2=O)C1. The smallest absolute Gasteiger partial charge is 0.256 e. The van der Waals surface area contributed by atoms with Crippen molar-refractivity contribution in [2.24, 2.45) is 0 Å². The van der Waals surface area contributed by atoms with Gasteiger partial charge in [-0.2, -0.15) is 0 Å². The minimum atomic E-state index is -1.03. The van der Waals surface area contributed by atoms with E-state index in [1.165, 1.54) is 4.90 Å². The zero-order valence-corrected chi connectivity index (χ0v) is 13.3. The van der Waals surface area contributed by atoms with Gasteiger partial charge in [0.1, 0.15) is 10.8 Å². The van der Waals surface area contributed by atoms with Gasteiger partial charge in [-0.1, -0.05) is 11.6 Å². The molecule has 2 fully saturated rings. The molecule has 7 heteroatoms. The molecule has 2 heterocycles. The monoisotopic (exact) mass is 342 g/mol. The Bertz CT molecular complexity index is 653. The summed E-state index contributed by atoms with van der Waals surface area (Å²) in [7, 11) is 0. The molecule has 0 N–H and O–H groups in total. The zero-order chi connectivity index (χ0) is 16.6. The first-order chi connectivity index (χ1) is 11.0. The van der Waals surface area contributed by atoms with Crippen molar-refractivity contribution in [2.45, 2.75) is 31.7 Å². The molecule has 0 radical (unpaired) electrons. The Kier molecular flexibility index (Phi) is 4.53. The van der Waals surface area contributed by atoms with Crippen molar-refractivity contribution in [1.29, 1.82) is 0 Å². The lowest BCUT2D eigenvalue weighted by molar-refractivity contribution is -0.130. The molecule has 23 heavy (non-hydrogen) atoms. The van der Waals surface area contributed by atoms with E-state index in [2.05, 4.69) is 0 Å². The average Bonchev–Trinajstić information content (AvgIpc) is 2.98. The van der Waals surface area contributed by atoms with Crippen LogP contribution in [0.25, 0.3) is 0 Å². The molecular formula is C16H17ClF2N2O2. The lowest BCUT2D eigenvalue weighted by Crippen LogP contribution is -2.50. The molecule has 2 aliphatic heterocycles. The summed E-state index contributed by atoms with van der Waals surface area (Å²) in [6, 6.07) is 2.08. The second kappa shape index (κ2) is 6.43. The molecule has 0 unspecified atom stereocenters.